The van der Waals surface area contributed by atoms with Crippen LogP contribution in [0.1, 0.15) is 22.8 Å². The highest BCUT2D eigenvalue weighted by Crippen LogP contribution is 2.36. The number of nitrogens with zero attached hydrogens (tertiary/aromatic N) is 2. The largest absolute Gasteiger partial charge is 0.497 e. The topological polar surface area (TPSA) is 87.0 Å². The molecule has 0 saturated carbocycles. The number of aromatic hydroxyl groups is 1. The van der Waals surface area contributed by atoms with Crippen molar-refractivity contribution in [2.45, 2.75) is 13.3 Å². The molecule has 0 saturated heterocycles. The second-order valence-corrected chi connectivity index (χ2v) is 5.29. The molecule has 1 aromatic heterocycles. The number of benzene rings is 2. The van der Waals surface area contributed by atoms with Crippen LogP contribution in [0.3, 0.4) is 0 Å². The number of hydrogen-bond donors (Lipinski definition) is 2. The number of carbonyl (C=O) groups is 1. The van der Waals surface area contributed by atoms with E-state index in [0.717, 1.165) is 22.9 Å². The number of amides is 1. The molecule has 122 valence electrons. The van der Waals surface area contributed by atoms with Crippen LogP contribution in [-0.4, -0.2) is 23.1 Å². The Morgan fingerprint density at radius 1 is 1.25 bits per heavy atom. The van der Waals surface area contributed by atoms with E-state index in [-0.39, 0.29) is 11.6 Å². The summed E-state index contributed by atoms with van der Waals surface area (Å²) in [5.41, 5.74) is 2.48. The number of hydrogen-bond acceptors (Lipinski definition) is 4. The first-order valence-electron chi connectivity index (χ1n) is 7.56. The van der Waals surface area contributed by atoms with Gasteiger partial charge < -0.3 is 14.8 Å². The van der Waals surface area contributed by atoms with E-state index in [1.807, 2.05) is 25.1 Å². The van der Waals surface area contributed by atoms with Gasteiger partial charge in [0.1, 0.15) is 5.75 Å². The first-order chi connectivity index (χ1) is 11.6. The first-order valence-corrected chi connectivity index (χ1v) is 7.56. The van der Waals surface area contributed by atoms with E-state index in [4.69, 9.17) is 4.74 Å². The third-order valence-corrected chi connectivity index (χ3v) is 3.78. The number of nitrogens with one attached hydrogen (secondary N) is 1. The lowest BCUT2D eigenvalue weighted by Gasteiger charge is -2.00. The summed E-state index contributed by atoms with van der Waals surface area (Å²) < 4.78 is 5.09. The fraction of sp³-hybridized carbons (Fsp3) is 0.167. The summed E-state index contributed by atoms with van der Waals surface area (Å²) in [6.07, 6.45) is 0.862. The zero-order valence-corrected chi connectivity index (χ0v) is 13.4. The van der Waals surface area contributed by atoms with E-state index in [1.54, 1.807) is 24.3 Å². The smallest absolute Gasteiger partial charge is 0.295 e. The second-order valence-electron chi connectivity index (χ2n) is 5.29. The van der Waals surface area contributed by atoms with Crippen molar-refractivity contribution in [1.29, 1.82) is 0 Å². The molecule has 0 radical (unpaired) electrons. The minimum atomic E-state index is -0.505. The Morgan fingerprint density at radius 2 is 2.08 bits per heavy atom. The number of rotatable bonds is 4. The number of aromatic amines is 1. The molecule has 1 amide bonds. The van der Waals surface area contributed by atoms with Crippen LogP contribution in [0.5, 0.6) is 11.6 Å². The standard InChI is InChI=1S/C18H17N3O3/c1-3-11-7-8-15-14(9-11)16(18(23)19-15)20-21-17(22)12-5-4-6-13(10-12)24-2/h4-10,19,23H,3H2,1-2H3. The Balaban J connectivity index is 1.94. The molecular weight excluding hydrogens is 306 g/mol. The van der Waals surface area contributed by atoms with Gasteiger partial charge in [0, 0.05) is 10.9 Å². The quantitative estimate of drug-likeness (QED) is 0.699. The van der Waals surface area contributed by atoms with Crippen LogP contribution in [0.2, 0.25) is 0 Å². The predicted octanol–water partition coefficient (Wildman–Crippen LogP) is 4.37. The van der Waals surface area contributed by atoms with Gasteiger partial charge in [-0.2, -0.15) is 0 Å². The average Bonchev–Trinajstić information content (AvgIpc) is 2.93. The Morgan fingerprint density at radius 3 is 2.83 bits per heavy atom. The maximum Gasteiger partial charge on any atom is 0.295 e. The van der Waals surface area contributed by atoms with Crippen molar-refractivity contribution in [3.05, 3.63) is 53.6 Å². The number of fused-ring (bicyclic) bond motifs is 1. The number of methoxy groups -OCH3 is 1. The first kappa shape index (κ1) is 15.7. The van der Waals surface area contributed by atoms with Crippen molar-refractivity contribution < 1.29 is 14.6 Å². The van der Waals surface area contributed by atoms with Crippen molar-refractivity contribution >= 4 is 22.5 Å². The van der Waals surface area contributed by atoms with Gasteiger partial charge in [-0.1, -0.05) is 19.1 Å². The maximum atomic E-state index is 12.2. The van der Waals surface area contributed by atoms with Gasteiger partial charge in [0.05, 0.1) is 12.6 Å². The molecule has 6 heteroatoms. The Kier molecular flexibility index (Phi) is 4.29. The highest BCUT2D eigenvalue weighted by molar-refractivity contribution is 5.97. The summed E-state index contributed by atoms with van der Waals surface area (Å²) in [5, 5.41) is 18.4. The van der Waals surface area contributed by atoms with Crippen molar-refractivity contribution in [2.75, 3.05) is 7.11 Å². The summed E-state index contributed by atoms with van der Waals surface area (Å²) in [6.45, 7) is 2.04. The highest BCUT2D eigenvalue weighted by atomic mass is 16.5. The molecule has 2 N–H and O–H groups in total. The van der Waals surface area contributed by atoms with Gasteiger partial charge >= 0.3 is 0 Å². The molecular formula is C18H17N3O3. The molecule has 2 aromatic carbocycles. The van der Waals surface area contributed by atoms with Gasteiger partial charge in [-0.25, -0.2) is 0 Å². The molecule has 0 unspecified atom stereocenters. The van der Waals surface area contributed by atoms with Crippen LogP contribution >= 0.6 is 0 Å². The summed E-state index contributed by atoms with van der Waals surface area (Å²) in [7, 11) is 1.53. The van der Waals surface area contributed by atoms with Crippen LogP contribution in [0, 0.1) is 0 Å². The normalized spacial score (nSPS) is 11.2. The molecule has 0 bridgehead atoms. The molecule has 0 aliphatic carbocycles. The molecule has 24 heavy (non-hydrogen) atoms. The fourth-order valence-corrected chi connectivity index (χ4v) is 2.44. The molecule has 3 rings (SSSR count). The lowest BCUT2D eigenvalue weighted by Crippen LogP contribution is -1.94. The summed E-state index contributed by atoms with van der Waals surface area (Å²) in [5.74, 6) is -0.0479. The molecule has 6 nitrogen and oxygen atoms in total. The van der Waals surface area contributed by atoms with E-state index in [9.17, 15) is 9.90 Å². The molecule has 0 spiro atoms. The van der Waals surface area contributed by atoms with Gasteiger partial charge in [-0.3, -0.25) is 4.79 Å². The van der Waals surface area contributed by atoms with Crippen molar-refractivity contribution in [3.63, 3.8) is 0 Å². The SMILES string of the molecule is CCc1ccc2[nH]c(O)c(N=NC(=O)c3cccc(OC)c3)c2c1. The number of aryl methyl sites for hydroxylation is 1. The summed E-state index contributed by atoms with van der Waals surface area (Å²) >= 11 is 0. The number of aromatic nitrogens is 1. The van der Waals surface area contributed by atoms with Crippen LogP contribution in [0.25, 0.3) is 10.9 Å². The zero-order valence-electron chi connectivity index (χ0n) is 13.4. The van der Waals surface area contributed by atoms with Gasteiger partial charge in [-0.05, 0) is 42.3 Å². The van der Waals surface area contributed by atoms with Crippen molar-refractivity contribution in [3.8, 4) is 11.6 Å². The predicted molar refractivity (Wildman–Crippen MR) is 91.2 cm³/mol. The average molecular weight is 323 g/mol. The van der Waals surface area contributed by atoms with E-state index < -0.39 is 5.91 Å². The lowest BCUT2D eigenvalue weighted by atomic mass is 10.1. The lowest BCUT2D eigenvalue weighted by molar-refractivity contribution is 0.0994. The fourth-order valence-electron chi connectivity index (χ4n) is 2.44. The van der Waals surface area contributed by atoms with Crippen LogP contribution in [0.15, 0.2) is 52.7 Å². The molecule has 0 aliphatic heterocycles. The number of azo groups is 1. The van der Waals surface area contributed by atoms with Gasteiger partial charge in [0.2, 0.25) is 5.88 Å². The second kappa shape index (κ2) is 6.54. The van der Waals surface area contributed by atoms with Crippen molar-refractivity contribution in [2.24, 2.45) is 10.2 Å². The third kappa shape index (κ3) is 2.99. The van der Waals surface area contributed by atoms with Crippen LogP contribution in [-0.2, 0) is 6.42 Å². The van der Waals surface area contributed by atoms with Crippen LogP contribution in [0.4, 0.5) is 5.69 Å². The Labute approximate surface area is 138 Å². The third-order valence-electron chi connectivity index (χ3n) is 3.78. The monoisotopic (exact) mass is 323 g/mol. The number of ether oxygens (including phenoxy) is 1. The van der Waals surface area contributed by atoms with Crippen LogP contribution < -0.4 is 4.74 Å². The van der Waals surface area contributed by atoms with E-state index in [0.29, 0.717) is 11.3 Å². The van der Waals surface area contributed by atoms with Crippen molar-refractivity contribution in [1.82, 2.24) is 4.98 Å². The minimum Gasteiger partial charge on any atom is -0.497 e. The highest BCUT2D eigenvalue weighted by Gasteiger charge is 2.12. The van der Waals surface area contributed by atoms with E-state index >= 15 is 0 Å². The maximum absolute atomic E-state index is 12.2. The number of H-pyrrole nitrogens is 1. The van der Waals surface area contributed by atoms with E-state index in [2.05, 4.69) is 15.2 Å². The van der Waals surface area contributed by atoms with Gasteiger partial charge in [0.25, 0.3) is 5.91 Å². The molecule has 0 aliphatic rings. The van der Waals surface area contributed by atoms with Gasteiger partial charge in [0.15, 0.2) is 5.69 Å². The molecule has 3 aromatic rings. The molecule has 1 heterocycles. The number of carbonyl (C=O) groups excluding carboxylic acids is 1. The summed E-state index contributed by atoms with van der Waals surface area (Å²) in [6, 6.07) is 12.4. The minimum absolute atomic E-state index is 0.111. The van der Waals surface area contributed by atoms with E-state index in [1.165, 1.54) is 7.11 Å². The molecule has 0 atom stereocenters. The molecule has 0 fully saturated rings. The summed E-state index contributed by atoms with van der Waals surface area (Å²) in [4.78, 5) is 15.0. The zero-order chi connectivity index (χ0) is 17.1. The Bertz CT molecular complexity index is 928. The van der Waals surface area contributed by atoms with Gasteiger partial charge in [-0.15, -0.1) is 10.2 Å². The Hall–Kier alpha value is -3.15.